The van der Waals surface area contributed by atoms with E-state index in [0.717, 1.165) is 28.5 Å². The van der Waals surface area contributed by atoms with Crippen LogP contribution in [-0.4, -0.2) is 21.8 Å². The Morgan fingerprint density at radius 2 is 2.18 bits per heavy atom. The maximum Gasteiger partial charge on any atom is 0.0852 e. The predicted octanol–water partition coefficient (Wildman–Crippen LogP) is 2.05. The van der Waals surface area contributed by atoms with Crippen LogP contribution < -0.4 is 4.90 Å². The average Bonchev–Trinajstić information content (AvgIpc) is 2.65. The maximum absolute atomic E-state index is 9.35. The van der Waals surface area contributed by atoms with E-state index in [1.54, 1.807) is 0 Å². The molecule has 0 aromatic carbocycles. The predicted molar refractivity (Wildman–Crippen MR) is 69.6 cm³/mol. The Kier molecular flexibility index (Phi) is 4.54. The van der Waals surface area contributed by atoms with Gasteiger partial charge in [-0.25, -0.2) is 0 Å². The number of nitrogens with zero attached hydrogens (tertiary/aromatic N) is 1. The Morgan fingerprint density at radius 1 is 1.53 bits per heavy atom. The van der Waals surface area contributed by atoms with E-state index in [9.17, 15) is 10.2 Å². The van der Waals surface area contributed by atoms with E-state index >= 15 is 0 Å². The smallest absolute Gasteiger partial charge is 0.0852 e. The highest BCUT2D eigenvalue weighted by Crippen LogP contribution is 2.28. The highest BCUT2D eigenvalue weighted by molar-refractivity contribution is 5.62. The molecule has 4 heteroatoms. The molecular weight excluding hydrogens is 216 g/mol. The lowest BCUT2D eigenvalue weighted by Gasteiger charge is -2.26. The van der Waals surface area contributed by atoms with Gasteiger partial charge in [0.15, 0.2) is 0 Å². The number of aromatic nitrogens is 1. The molecule has 1 aromatic rings. The van der Waals surface area contributed by atoms with Crippen molar-refractivity contribution >= 4 is 5.69 Å². The third kappa shape index (κ3) is 2.78. The number of aliphatic hydroxyl groups excluding tert-OH is 2. The molecule has 0 spiro atoms. The fraction of sp³-hybridized carbons (Fsp3) is 0.385. The zero-order chi connectivity index (χ0) is 13.0. The number of rotatable bonds is 5. The van der Waals surface area contributed by atoms with Gasteiger partial charge in [0.05, 0.1) is 24.6 Å². The summed E-state index contributed by atoms with van der Waals surface area (Å²) in [6.07, 6.45) is 1.83. The molecule has 0 aliphatic rings. The maximum atomic E-state index is 9.35. The number of nitrogens with one attached hydrogen (secondary N) is 1. The van der Waals surface area contributed by atoms with Gasteiger partial charge in [0, 0.05) is 17.1 Å². The summed E-state index contributed by atoms with van der Waals surface area (Å²) in [5.74, 6) is 0. The number of aliphatic hydroxyl groups is 2. The van der Waals surface area contributed by atoms with E-state index < -0.39 is 0 Å². The molecule has 0 unspecified atom stereocenters. The third-order valence-electron chi connectivity index (χ3n) is 2.57. The van der Waals surface area contributed by atoms with Crippen molar-refractivity contribution in [2.45, 2.75) is 27.4 Å². The van der Waals surface area contributed by atoms with Gasteiger partial charge in [0.2, 0.25) is 0 Å². The van der Waals surface area contributed by atoms with Gasteiger partial charge >= 0.3 is 0 Å². The molecule has 0 saturated carbocycles. The second-order valence-corrected chi connectivity index (χ2v) is 3.98. The van der Waals surface area contributed by atoms with Gasteiger partial charge in [0.1, 0.15) is 0 Å². The molecule has 0 radical (unpaired) electrons. The lowest BCUT2D eigenvalue weighted by Crippen LogP contribution is -2.22. The lowest BCUT2D eigenvalue weighted by atomic mass is 10.2. The van der Waals surface area contributed by atoms with Crippen LogP contribution in [0.15, 0.2) is 30.1 Å². The van der Waals surface area contributed by atoms with Gasteiger partial charge in [-0.1, -0.05) is 12.7 Å². The molecule has 3 N–H and O–H groups in total. The summed E-state index contributed by atoms with van der Waals surface area (Å²) in [6, 6.07) is 1.93. The van der Waals surface area contributed by atoms with Crippen LogP contribution in [0.4, 0.5) is 5.69 Å². The van der Waals surface area contributed by atoms with Crippen molar-refractivity contribution in [2.24, 2.45) is 0 Å². The highest BCUT2D eigenvalue weighted by atomic mass is 16.3. The molecule has 0 aliphatic heterocycles. The van der Waals surface area contributed by atoms with Crippen LogP contribution in [0.5, 0.6) is 0 Å². The minimum atomic E-state index is -0.0740. The van der Waals surface area contributed by atoms with E-state index in [1.165, 1.54) is 0 Å². The number of aryl methyl sites for hydroxylation is 1. The van der Waals surface area contributed by atoms with Gasteiger partial charge in [-0.15, -0.1) is 0 Å². The van der Waals surface area contributed by atoms with E-state index in [1.807, 2.05) is 37.8 Å². The minimum Gasteiger partial charge on any atom is -0.390 e. The molecule has 94 valence electrons. The molecule has 1 aromatic heterocycles. The number of anilines is 1. The summed E-state index contributed by atoms with van der Waals surface area (Å²) in [4.78, 5) is 4.93. The van der Waals surface area contributed by atoms with Gasteiger partial charge in [0.25, 0.3) is 0 Å². The van der Waals surface area contributed by atoms with Crippen LogP contribution in [-0.2, 0) is 6.61 Å². The zero-order valence-corrected chi connectivity index (χ0v) is 10.6. The summed E-state index contributed by atoms with van der Waals surface area (Å²) in [5, 5.41) is 18.7. The van der Waals surface area contributed by atoms with Gasteiger partial charge in [-0.3, -0.25) is 0 Å². The number of aromatic amines is 1. The molecule has 0 bridgehead atoms. The monoisotopic (exact) mass is 236 g/mol. The van der Waals surface area contributed by atoms with Crippen LogP contribution in [0.1, 0.15) is 25.2 Å². The summed E-state index contributed by atoms with van der Waals surface area (Å²) in [5.41, 5.74) is 4.05. The normalized spacial score (nSPS) is 11.7. The lowest BCUT2D eigenvalue weighted by molar-refractivity contribution is 0.277. The molecule has 1 rings (SSSR count). The van der Waals surface area contributed by atoms with Crippen molar-refractivity contribution in [3.05, 3.63) is 41.5 Å². The summed E-state index contributed by atoms with van der Waals surface area (Å²) < 4.78 is 0. The van der Waals surface area contributed by atoms with Crippen molar-refractivity contribution in [1.29, 1.82) is 0 Å². The van der Waals surface area contributed by atoms with Crippen LogP contribution >= 0.6 is 0 Å². The topological polar surface area (TPSA) is 59.5 Å². The van der Waals surface area contributed by atoms with Crippen LogP contribution in [0.25, 0.3) is 0 Å². The number of hydrogen-bond donors (Lipinski definition) is 3. The van der Waals surface area contributed by atoms with Crippen molar-refractivity contribution in [2.75, 3.05) is 11.5 Å². The third-order valence-corrected chi connectivity index (χ3v) is 2.57. The van der Waals surface area contributed by atoms with Gasteiger partial charge in [-0.2, -0.15) is 0 Å². The average molecular weight is 236 g/mol. The Balaban J connectivity index is 3.27. The first-order valence-electron chi connectivity index (χ1n) is 5.56. The molecule has 0 aliphatic carbocycles. The molecule has 0 fully saturated rings. The summed E-state index contributed by atoms with van der Waals surface area (Å²) in [6.45, 7) is 9.42. The second-order valence-electron chi connectivity index (χ2n) is 3.98. The Labute approximate surface area is 102 Å². The first-order chi connectivity index (χ1) is 8.04. The van der Waals surface area contributed by atoms with Crippen LogP contribution in [0.2, 0.25) is 0 Å². The van der Waals surface area contributed by atoms with Crippen molar-refractivity contribution < 1.29 is 10.2 Å². The molecule has 0 amide bonds. The minimum absolute atomic E-state index is 0.0710. The van der Waals surface area contributed by atoms with Crippen LogP contribution in [0.3, 0.4) is 0 Å². The first-order valence-corrected chi connectivity index (χ1v) is 5.56. The first kappa shape index (κ1) is 13.5. The number of H-pyrrole nitrogens is 1. The summed E-state index contributed by atoms with van der Waals surface area (Å²) in [7, 11) is 0. The number of allylic oxidation sites excluding steroid dienone is 2. The van der Waals surface area contributed by atoms with Crippen molar-refractivity contribution in [3.63, 3.8) is 0 Å². The van der Waals surface area contributed by atoms with Crippen molar-refractivity contribution in [1.82, 2.24) is 4.98 Å². The Hall–Kier alpha value is -1.52. The molecular formula is C13H20N2O2. The Bertz CT molecular complexity index is 433. The molecule has 0 atom stereocenters. The largest absolute Gasteiger partial charge is 0.390 e. The quantitative estimate of drug-likeness (QED) is 0.733. The van der Waals surface area contributed by atoms with Crippen molar-refractivity contribution in [3.8, 4) is 0 Å². The van der Waals surface area contributed by atoms with Crippen LogP contribution in [0, 0.1) is 6.92 Å². The molecule has 4 nitrogen and oxygen atoms in total. The summed E-state index contributed by atoms with van der Waals surface area (Å²) >= 11 is 0. The van der Waals surface area contributed by atoms with Gasteiger partial charge < -0.3 is 20.1 Å². The van der Waals surface area contributed by atoms with E-state index in [-0.39, 0.29) is 13.2 Å². The highest BCUT2D eigenvalue weighted by Gasteiger charge is 2.17. The Morgan fingerprint density at radius 3 is 2.59 bits per heavy atom. The zero-order valence-electron chi connectivity index (χ0n) is 10.6. The molecule has 1 heterocycles. The number of hydrogen-bond acceptors (Lipinski definition) is 3. The standard InChI is InChI=1S/C13H20N2O2/c1-5-11(7-16)15(9(2)3)13-6-10(4)14-12(13)8-17/h5-6,14,16-17H,2,7-8H2,1,3-4H3/b11-5-. The fourth-order valence-corrected chi connectivity index (χ4v) is 1.85. The fourth-order valence-electron chi connectivity index (χ4n) is 1.85. The molecule has 0 saturated heterocycles. The SMILES string of the molecule is C=C(C)N(/C(=C\C)CO)c1cc(C)[nH]c1CO. The molecule has 17 heavy (non-hydrogen) atoms. The van der Waals surface area contributed by atoms with Gasteiger partial charge in [-0.05, 0) is 26.8 Å². The van der Waals surface area contributed by atoms with E-state index in [4.69, 9.17) is 0 Å². The second kappa shape index (κ2) is 5.70. The van der Waals surface area contributed by atoms with E-state index in [0.29, 0.717) is 0 Å². The van der Waals surface area contributed by atoms with E-state index in [2.05, 4.69) is 11.6 Å².